The van der Waals surface area contributed by atoms with Crippen LogP contribution in [0.15, 0.2) is 54.2 Å². The van der Waals surface area contributed by atoms with E-state index in [-0.39, 0.29) is 0 Å². The fourth-order valence-electron chi connectivity index (χ4n) is 1.98. The van der Waals surface area contributed by atoms with Crippen molar-refractivity contribution in [2.45, 2.75) is 0 Å². The van der Waals surface area contributed by atoms with Crippen LogP contribution in [0, 0.1) is 11.3 Å². The Labute approximate surface area is 115 Å². The minimum atomic E-state index is 0.684. The standard InChI is InChI=1S/C16H10N2S/c17-10-13(9-12-5-7-18-8-6-12)15-11-19-16-4-2-1-3-14(15)16/h1-9,11H/b13-9-. The zero-order chi connectivity index (χ0) is 13.1. The summed E-state index contributed by atoms with van der Waals surface area (Å²) in [6.45, 7) is 0. The Morgan fingerprint density at radius 2 is 1.95 bits per heavy atom. The topological polar surface area (TPSA) is 36.7 Å². The molecular formula is C16H10N2S. The lowest BCUT2D eigenvalue weighted by Crippen LogP contribution is -1.80. The average molecular weight is 262 g/mol. The minimum absolute atomic E-state index is 0.684. The number of pyridine rings is 1. The van der Waals surface area contributed by atoms with E-state index >= 15 is 0 Å². The van der Waals surface area contributed by atoms with Crippen LogP contribution in [0.5, 0.6) is 0 Å². The SMILES string of the molecule is N#C/C(=C/c1ccncc1)c1csc2ccccc12. The first-order chi connectivity index (χ1) is 9.38. The number of thiophene rings is 1. The van der Waals surface area contributed by atoms with Gasteiger partial charge in [-0.1, -0.05) is 18.2 Å². The van der Waals surface area contributed by atoms with Crippen molar-refractivity contribution >= 4 is 33.1 Å². The van der Waals surface area contributed by atoms with Gasteiger partial charge in [-0.15, -0.1) is 11.3 Å². The monoisotopic (exact) mass is 262 g/mol. The second-order valence-electron chi connectivity index (χ2n) is 4.10. The van der Waals surface area contributed by atoms with Crippen molar-refractivity contribution in [3.8, 4) is 6.07 Å². The number of benzene rings is 1. The molecule has 0 unspecified atom stereocenters. The van der Waals surface area contributed by atoms with Crippen molar-refractivity contribution in [3.05, 3.63) is 65.3 Å². The van der Waals surface area contributed by atoms with E-state index in [1.54, 1.807) is 23.7 Å². The maximum Gasteiger partial charge on any atom is 0.0998 e. The maximum atomic E-state index is 9.39. The Hall–Kier alpha value is -2.44. The van der Waals surface area contributed by atoms with Crippen LogP contribution in [0.3, 0.4) is 0 Å². The molecule has 19 heavy (non-hydrogen) atoms. The van der Waals surface area contributed by atoms with Crippen LogP contribution in [0.1, 0.15) is 11.1 Å². The summed E-state index contributed by atoms with van der Waals surface area (Å²) >= 11 is 1.66. The summed E-state index contributed by atoms with van der Waals surface area (Å²) in [6, 6.07) is 14.2. The molecule has 2 aromatic heterocycles. The molecule has 90 valence electrons. The fourth-order valence-corrected chi connectivity index (χ4v) is 2.94. The van der Waals surface area contributed by atoms with Gasteiger partial charge in [0.1, 0.15) is 0 Å². The van der Waals surface area contributed by atoms with Gasteiger partial charge in [-0.3, -0.25) is 4.98 Å². The summed E-state index contributed by atoms with van der Waals surface area (Å²) in [4.78, 5) is 3.98. The number of hydrogen-bond acceptors (Lipinski definition) is 3. The number of rotatable bonds is 2. The molecule has 3 aromatic rings. The molecule has 0 radical (unpaired) electrons. The van der Waals surface area contributed by atoms with E-state index < -0.39 is 0 Å². The van der Waals surface area contributed by atoms with Crippen LogP contribution in [0.25, 0.3) is 21.7 Å². The average Bonchev–Trinajstić information content (AvgIpc) is 2.90. The molecule has 1 aromatic carbocycles. The highest BCUT2D eigenvalue weighted by Gasteiger charge is 2.08. The van der Waals surface area contributed by atoms with Crippen molar-refractivity contribution in [2.24, 2.45) is 0 Å². The molecule has 0 amide bonds. The Bertz CT molecular complexity index is 779. The van der Waals surface area contributed by atoms with Crippen LogP contribution in [0.4, 0.5) is 0 Å². The van der Waals surface area contributed by atoms with Gasteiger partial charge >= 0.3 is 0 Å². The molecule has 0 N–H and O–H groups in total. The fraction of sp³-hybridized carbons (Fsp3) is 0. The first kappa shape index (κ1) is 11.6. The summed E-state index contributed by atoms with van der Waals surface area (Å²) in [6.07, 6.45) is 5.36. The van der Waals surface area contributed by atoms with Crippen molar-refractivity contribution in [1.29, 1.82) is 5.26 Å². The quantitative estimate of drug-likeness (QED) is 0.643. The molecule has 3 heteroatoms. The third kappa shape index (κ3) is 2.26. The lowest BCUT2D eigenvalue weighted by Gasteiger charge is -1.98. The second-order valence-corrected chi connectivity index (χ2v) is 5.01. The van der Waals surface area contributed by atoms with E-state index in [9.17, 15) is 5.26 Å². The maximum absolute atomic E-state index is 9.39. The molecule has 0 fully saturated rings. The number of nitrogens with zero attached hydrogens (tertiary/aromatic N) is 2. The van der Waals surface area contributed by atoms with Crippen molar-refractivity contribution < 1.29 is 0 Å². The molecule has 0 saturated carbocycles. The van der Waals surface area contributed by atoms with Gasteiger partial charge < -0.3 is 0 Å². The molecular weight excluding hydrogens is 252 g/mol. The predicted octanol–water partition coefficient (Wildman–Crippen LogP) is 4.36. The summed E-state index contributed by atoms with van der Waals surface area (Å²) in [5.74, 6) is 0. The summed E-state index contributed by atoms with van der Waals surface area (Å²) in [5.41, 5.74) is 2.67. The highest BCUT2D eigenvalue weighted by atomic mass is 32.1. The molecule has 0 saturated heterocycles. The Balaban J connectivity index is 2.14. The Morgan fingerprint density at radius 3 is 2.74 bits per heavy atom. The first-order valence-corrected chi connectivity index (χ1v) is 6.75. The first-order valence-electron chi connectivity index (χ1n) is 5.87. The lowest BCUT2D eigenvalue weighted by molar-refractivity contribution is 1.32. The van der Waals surface area contributed by atoms with E-state index in [1.165, 1.54) is 4.70 Å². The minimum Gasteiger partial charge on any atom is -0.265 e. The lowest BCUT2D eigenvalue weighted by atomic mass is 10.0. The molecule has 3 rings (SSSR count). The molecule has 0 aliphatic rings. The van der Waals surface area contributed by atoms with Gasteiger partial charge in [-0.05, 0) is 29.8 Å². The van der Waals surface area contributed by atoms with Crippen LogP contribution < -0.4 is 0 Å². The van der Waals surface area contributed by atoms with Gasteiger partial charge in [0.05, 0.1) is 11.6 Å². The predicted molar refractivity (Wildman–Crippen MR) is 79.5 cm³/mol. The van der Waals surface area contributed by atoms with E-state index in [1.807, 2.05) is 35.7 Å². The highest BCUT2D eigenvalue weighted by molar-refractivity contribution is 7.17. The summed E-state index contributed by atoms with van der Waals surface area (Å²) in [5, 5.41) is 12.6. The number of fused-ring (bicyclic) bond motifs is 1. The van der Waals surface area contributed by atoms with Gasteiger partial charge in [0.15, 0.2) is 0 Å². The zero-order valence-electron chi connectivity index (χ0n) is 10.1. The van der Waals surface area contributed by atoms with Crippen LogP contribution in [-0.2, 0) is 0 Å². The zero-order valence-corrected chi connectivity index (χ0v) is 10.9. The van der Waals surface area contributed by atoms with Gasteiger partial charge in [0.25, 0.3) is 0 Å². The smallest absolute Gasteiger partial charge is 0.0998 e. The molecule has 2 nitrogen and oxygen atoms in total. The molecule has 0 spiro atoms. The molecule has 2 heterocycles. The third-order valence-electron chi connectivity index (χ3n) is 2.91. The van der Waals surface area contributed by atoms with Crippen molar-refractivity contribution in [1.82, 2.24) is 4.98 Å². The Morgan fingerprint density at radius 1 is 1.16 bits per heavy atom. The van der Waals surface area contributed by atoms with Gasteiger partial charge in [-0.25, -0.2) is 0 Å². The molecule has 0 atom stereocenters. The molecule has 0 aliphatic heterocycles. The number of nitriles is 1. The summed E-state index contributed by atoms with van der Waals surface area (Å²) in [7, 11) is 0. The third-order valence-corrected chi connectivity index (χ3v) is 3.87. The number of hydrogen-bond donors (Lipinski definition) is 0. The molecule has 0 aliphatic carbocycles. The normalized spacial score (nSPS) is 11.4. The van der Waals surface area contributed by atoms with Gasteiger partial charge in [-0.2, -0.15) is 5.26 Å². The van der Waals surface area contributed by atoms with E-state index in [0.29, 0.717) is 5.57 Å². The van der Waals surface area contributed by atoms with E-state index in [2.05, 4.69) is 23.2 Å². The van der Waals surface area contributed by atoms with Crippen LogP contribution >= 0.6 is 11.3 Å². The van der Waals surface area contributed by atoms with Crippen molar-refractivity contribution in [2.75, 3.05) is 0 Å². The highest BCUT2D eigenvalue weighted by Crippen LogP contribution is 2.31. The second kappa shape index (κ2) is 5.05. The number of allylic oxidation sites excluding steroid dienone is 1. The van der Waals surface area contributed by atoms with Gasteiger partial charge in [0.2, 0.25) is 0 Å². The molecule has 0 bridgehead atoms. The van der Waals surface area contributed by atoms with E-state index in [0.717, 1.165) is 16.5 Å². The summed E-state index contributed by atoms with van der Waals surface area (Å²) < 4.78 is 1.20. The van der Waals surface area contributed by atoms with E-state index in [4.69, 9.17) is 0 Å². The largest absolute Gasteiger partial charge is 0.265 e. The van der Waals surface area contributed by atoms with Gasteiger partial charge in [0, 0.05) is 33.4 Å². The van der Waals surface area contributed by atoms with Crippen LogP contribution in [0.2, 0.25) is 0 Å². The van der Waals surface area contributed by atoms with Crippen molar-refractivity contribution in [3.63, 3.8) is 0 Å². The number of aromatic nitrogens is 1. The Kier molecular flexibility index (Phi) is 3.09. The van der Waals surface area contributed by atoms with Crippen LogP contribution in [-0.4, -0.2) is 4.98 Å².